The van der Waals surface area contributed by atoms with E-state index in [2.05, 4.69) is 21.3 Å². The minimum atomic E-state index is -1.10. The van der Waals surface area contributed by atoms with Gasteiger partial charge in [0.1, 0.15) is 11.2 Å². The van der Waals surface area contributed by atoms with Crippen molar-refractivity contribution in [3.63, 3.8) is 0 Å². The van der Waals surface area contributed by atoms with E-state index in [0.29, 0.717) is 13.1 Å². The van der Waals surface area contributed by atoms with Crippen LogP contribution >= 0.6 is 0 Å². The van der Waals surface area contributed by atoms with Crippen LogP contribution in [-0.4, -0.2) is 73.0 Å². The average Bonchev–Trinajstić information content (AvgIpc) is 2.66. The zero-order valence-electron chi connectivity index (χ0n) is 21.8. The molecule has 2 saturated carbocycles. The van der Waals surface area contributed by atoms with Gasteiger partial charge in [-0.25, -0.2) is 19.2 Å². The third-order valence-corrected chi connectivity index (χ3v) is 7.46. The average molecular weight is 511 g/mol. The molecule has 0 aromatic carbocycles. The second-order valence-electron chi connectivity index (χ2n) is 12.3. The normalized spacial score (nSPS) is 34.7. The highest BCUT2D eigenvalue weighted by Gasteiger charge is 2.62. The summed E-state index contributed by atoms with van der Waals surface area (Å²) >= 11 is 0. The number of hydrogen-bond donors (Lipinski definition) is 4. The Bertz CT molecular complexity index is 846. The van der Waals surface area contributed by atoms with Crippen LogP contribution in [0.2, 0.25) is 0 Å². The van der Waals surface area contributed by atoms with E-state index in [4.69, 9.17) is 18.9 Å². The van der Waals surface area contributed by atoms with Gasteiger partial charge in [-0.2, -0.15) is 0 Å². The van der Waals surface area contributed by atoms with Crippen molar-refractivity contribution in [1.82, 2.24) is 21.3 Å². The summed E-state index contributed by atoms with van der Waals surface area (Å²) in [5.41, 5.74) is -2.19. The molecular weight excluding hydrogens is 472 g/mol. The summed E-state index contributed by atoms with van der Waals surface area (Å²) in [4.78, 5) is 49.4. The Morgan fingerprint density at radius 3 is 1.28 bits per heavy atom. The molecule has 2 saturated heterocycles. The van der Waals surface area contributed by atoms with Crippen molar-refractivity contribution in [2.75, 3.05) is 13.1 Å². The monoisotopic (exact) mass is 510 g/mol. The highest BCUT2D eigenvalue weighted by atomic mass is 16.6. The number of carbonyl (C=O) groups is 4. The van der Waals surface area contributed by atoms with E-state index >= 15 is 0 Å². The zero-order valence-corrected chi connectivity index (χ0v) is 21.8. The standard InChI is InChI=1S/C24H38N4O8/c1-21(2,3)35-19(31)27-13-7-9-23(13)11-25-17(23)33-15(29)16(30)34-18-24(12-26-18)10-8-14(24)28-20(32)36-22(4,5)6/h13-14,17-18,25-26H,7-12H2,1-6H3,(H,27,31)(H,28,32)/t13-,14-,17-,18-,23-,24-/m0/s1. The fourth-order valence-corrected chi connectivity index (χ4v) is 5.22. The molecule has 0 bridgehead atoms. The maximum absolute atomic E-state index is 12.5. The molecule has 0 aromatic heterocycles. The minimum Gasteiger partial charge on any atom is -0.444 e. The number of alkyl carbamates (subject to hydrolysis) is 2. The molecule has 4 aliphatic rings. The molecule has 202 valence electrons. The molecule has 2 amide bonds. The molecule has 2 spiro atoms. The van der Waals surface area contributed by atoms with Crippen LogP contribution in [0.1, 0.15) is 67.2 Å². The lowest BCUT2D eigenvalue weighted by Crippen LogP contribution is -2.77. The number of hydrogen-bond acceptors (Lipinski definition) is 10. The second-order valence-corrected chi connectivity index (χ2v) is 12.3. The first-order valence-corrected chi connectivity index (χ1v) is 12.5. The van der Waals surface area contributed by atoms with Crippen molar-refractivity contribution in [2.45, 2.75) is 103 Å². The molecule has 6 atom stereocenters. The number of esters is 2. The van der Waals surface area contributed by atoms with Crippen molar-refractivity contribution in [2.24, 2.45) is 10.8 Å². The van der Waals surface area contributed by atoms with Gasteiger partial charge in [0.2, 0.25) is 0 Å². The van der Waals surface area contributed by atoms with Crippen LogP contribution in [0.3, 0.4) is 0 Å². The van der Waals surface area contributed by atoms with Crippen molar-refractivity contribution in [3.05, 3.63) is 0 Å². The summed E-state index contributed by atoms with van der Waals surface area (Å²) in [6.45, 7) is 11.8. The number of amides is 2. The molecule has 4 fully saturated rings. The van der Waals surface area contributed by atoms with Crippen LogP contribution in [0.25, 0.3) is 0 Å². The summed E-state index contributed by atoms with van der Waals surface area (Å²) in [5.74, 6) is -2.20. The summed E-state index contributed by atoms with van der Waals surface area (Å²) in [5, 5.41) is 11.7. The molecule has 0 radical (unpaired) electrons. The Morgan fingerprint density at radius 2 is 1.06 bits per heavy atom. The van der Waals surface area contributed by atoms with Crippen LogP contribution in [0.5, 0.6) is 0 Å². The third-order valence-electron chi connectivity index (χ3n) is 7.46. The highest BCUT2D eigenvalue weighted by Crippen LogP contribution is 2.50. The van der Waals surface area contributed by atoms with Gasteiger partial charge in [0.15, 0.2) is 12.5 Å². The molecule has 4 rings (SSSR count). The Balaban J connectivity index is 1.26. The van der Waals surface area contributed by atoms with Gasteiger partial charge in [0, 0.05) is 25.2 Å². The number of ether oxygens (including phenoxy) is 4. The second kappa shape index (κ2) is 9.05. The van der Waals surface area contributed by atoms with E-state index in [1.807, 2.05) is 0 Å². The predicted octanol–water partition coefficient (Wildman–Crippen LogP) is 1.28. The van der Waals surface area contributed by atoms with E-state index in [1.54, 1.807) is 41.5 Å². The van der Waals surface area contributed by atoms with Gasteiger partial charge in [0.25, 0.3) is 0 Å². The van der Waals surface area contributed by atoms with Crippen molar-refractivity contribution >= 4 is 24.1 Å². The van der Waals surface area contributed by atoms with E-state index in [1.165, 1.54) is 0 Å². The van der Waals surface area contributed by atoms with Crippen LogP contribution < -0.4 is 21.3 Å². The molecule has 4 N–H and O–H groups in total. The molecule has 36 heavy (non-hydrogen) atoms. The Morgan fingerprint density at radius 1 is 0.694 bits per heavy atom. The van der Waals surface area contributed by atoms with Crippen molar-refractivity contribution in [3.8, 4) is 0 Å². The number of carbonyl (C=O) groups excluding carboxylic acids is 4. The number of rotatable bonds is 4. The van der Waals surface area contributed by atoms with Crippen LogP contribution in [-0.2, 0) is 28.5 Å². The Kier molecular flexibility index (Phi) is 6.66. The lowest BCUT2D eigenvalue weighted by Gasteiger charge is -2.60. The summed E-state index contributed by atoms with van der Waals surface area (Å²) in [6, 6.07) is -0.456. The first-order valence-electron chi connectivity index (χ1n) is 12.5. The first kappa shape index (κ1) is 26.5. The van der Waals surface area contributed by atoms with E-state index in [-0.39, 0.29) is 12.1 Å². The van der Waals surface area contributed by atoms with Gasteiger partial charge < -0.3 is 29.6 Å². The van der Waals surface area contributed by atoms with Gasteiger partial charge in [-0.05, 0) is 67.2 Å². The maximum Gasteiger partial charge on any atom is 0.419 e. The molecule has 12 nitrogen and oxygen atoms in total. The fourth-order valence-electron chi connectivity index (χ4n) is 5.22. The number of nitrogens with one attached hydrogen (secondary N) is 4. The Labute approximate surface area is 210 Å². The molecular formula is C24H38N4O8. The van der Waals surface area contributed by atoms with Crippen LogP contribution in [0.4, 0.5) is 9.59 Å². The van der Waals surface area contributed by atoms with Gasteiger partial charge in [0.05, 0.1) is 10.8 Å². The van der Waals surface area contributed by atoms with Crippen LogP contribution in [0.15, 0.2) is 0 Å². The maximum atomic E-state index is 12.5. The molecule has 0 unspecified atom stereocenters. The largest absolute Gasteiger partial charge is 0.444 e. The minimum absolute atomic E-state index is 0.228. The van der Waals surface area contributed by atoms with Gasteiger partial charge in [-0.1, -0.05) is 0 Å². The highest BCUT2D eigenvalue weighted by molar-refractivity contribution is 6.29. The van der Waals surface area contributed by atoms with Crippen molar-refractivity contribution < 1.29 is 38.1 Å². The third kappa shape index (κ3) is 5.10. The smallest absolute Gasteiger partial charge is 0.419 e. The topological polar surface area (TPSA) is 153 Å². The van der Waals surface area contributed by atoms with Crippen LogP contribution in [0, 0.1) is 10.8 Å². The molecule has 2 aliphatic heterocycles. The molecule has 12 heteroatoms. The van der Waals surface area contributed by atoms with Gasteiger partial charge in [-0.15, -0.1) is 0 Å². The quantitative estimate of drug-likeness (QED) is 0.247. The summed E-state index contributed by atoms with van der Waals surface area (Å²) in [6.07, 6.45) is 0.440. The molecule has 0 aromatic rings. The lowest BCUT2D eigenvalue weighted by atomic mass is 9.59. The zero-order chi connectivity index (χ0) is 26.5. The van der Waals surface area contributed by atoms with Gasteiger partial charge >= 0.3 is 24.1 Å². The van der Waals surface area contributed by atoms with Crippen molar-refractivity contribution in [1.29, 1.82) is 0 Å². The predicted molar refractivity (Wildman–Crippen MR) is 125 cm³/mol. The fraction of sp³-hybridized carbons (Fsp3) is 0.833. The molecule has 2 aliphatic carbocycles. The molecule has 2 heterocycles. The first-order chi connectivity index (χ1) is 16.6. The SMILES string of the molecule is CC(C)(C)OC(=O)N[C@H]1CC[C@]12CN[C@H]2OC(=O)C(=O)O[C@@H]1NC[C@]12CC[C@@H]2NC(=O)OC(C)(C)C. The summed E-state index contributed by atoms with van der Waals surface area (Å²) < 4.78 is 21.5. The Hall–Kier alpha value is -2.60. The van der Waals surface area contributed by atoms with E-state index in [9.17, 15) is 19.2 Å². The van der Waals surface area contributed by atoms with Gasteiger partial charge in [-0.3, -0.25) is 10.6 Å². The lowest BCUT2D eigenvalue weighted by molar-refractivity contribution is -0.214. The van der Waals surface area contributed by atoms with E-state index < -0.39 is 58.6 Å². The van der Waals surface area contributed by atoms with E-state index in [0.717, 1.165) is 25.7 Å². The summed E-state index contributed by atoms with van der Waals surface area (Å²) in [7, 11) is 0.